The second-order valence-corrected chi connectivity index (χ2v) is 3.85. The van der Waals surface area contributed by atoms with Gasteiger partial charge < -0.3 is 25.3 Å². The maximum atomic E-state index is 11.7. The maximum Gasteiger partial charge on any atom is 0.243 e. The summed E-state index contributed by atoms with van der Waals surface area (Å²) >= 11 is 0. The van der Waals surface area contributed by atoms with Gasteiger partial charge in [0.15, 0.2) is 11.5 Å². The van der Waals surface area contributed by atoms with Gasteiger partial charge in [0.05, 0.1) is 20.3 Å². The van der Waals surface area contributed by atoms with Crippen molar-refractivity contribution in [3.63, 3.8) is 0 Å². The Kier molecular flexibility index (Phi) is 6.11. The zero-order chi connectivity index (χ0) is 14.3. The van der Waals surface area contributed by atoms with Crippen LogP contribution in [0.3, 0.4) is 0 Å². The van der Waals surface area contributed by atoms with Gasteiger partial charge in [-0.25, -0.2) is 0 Å². The third kappa shape index (κ3) is 4.42. The lowest BCUT2D eigenvalue weighted by atomic mass is 10.2. The maximum absolute atomic E-state index is 11.7. The quantitative estimate of drug-likeness (QED) is 0.771. The summed E-state index contributed by atoms with van der Waals surface area (Å²) in [6, 6.07) is 4.43. The summed E-state index contributed by atoms with van der Waals surface area (Å²) in [7, 11) is 3.05. The van der Waals surface area contributed by atoms with Gasteiger partial charge in [0.1, 0.15) is 6.04 Å². The molecule has 1 atom stereocenters. The number of nitrogens with two attached hydrogens (primary N) is 1. The summed E-state index contributed by atoms with van der Waals surface area (Å²) in [5.74, 6) is 0.874. The van der Waals surface area contributed by atoms with E-state index >= 15 is 0 Å². The van der Waals surface area contributed by atoms with Crippen molar-refractivity contribution in [2.45, 2.75) is 13.0 Å². The minimum Gasteiger partial charge on any atom is -0.493 e. The van der Waals surface area contributed by atoms with Gasteiger partial charge in [0, 0.05) is 18.9 Å². The molecule has 6 heteroatoms. The summed E-state index contributed by atoms with van der Waals surface area (Å²) in [5.41, 5.74) is 6.23. The third-order valence-electron chi connectivity index (χ3n) is 2.41. The summed E-state index contributed by atoms with van der Waals surface area (Å²) in [4.78, 5) is 11.7. The number of carbonyl (C=O) groups excluding carboxylic acids is 1. The number of carbonyl (C=O) groups is 1. The SMILES string of the molecule is CCOc1cc(NC(=O)C(N)COC)ccc1OC. The molecule has 1 unspecified atom stereocenters. The fourth-order valence-corrected chi connectivity index (χ4v) is 1.51. The molecule has 19 heavy (non-hydrogen) atoms. The Hall–Kier alpha value is -1.79. The lowest BCUT2D eigenvalue weighted by molar-refractivity contribution is -0.118. The highest BCUT2D eigenvalue weighted by atomic mass is 16.5. The van der Waals surface area contributed by atoms with Crippen LogP contribution >= 0.6 is 0 Å². The fraction of sp³-hybridized carbons (Fsp3) is 0.462. The lowest BCUT2D eigenvalue weighted by Crippen LogP contribution is -2.39. The van der Waals surface area contributed by atoms with Crippen molar-refractivity contribution < 1.29 is 19.0 Å². The molecule has 0 radical (unpaired) electrons. The Bertz CT molecular complexity index is 423. The molecule has 1 amide bonds. The number of methoxy groups -OCH3 is 2. The largest absolute Gasteiger partial charge is 0.493 e. The molecule has 0 aromatic heterocycles. The first-order valence-corrected chi connectivity index (χ1v) is 5.98. The van der Waals surface area contributed by atoms with Gasteiger partial charge in [-0.2, -0.15) is 0 Å². The van der Waals surface area contributed by atoms with Gasteiger partial charge in [0.2, 0.25) is 5.91 Å². The summed E-state index contributed by atoms with van der Waals surface area (Å²) in [6.45, 7) is 2.55. The summed E-state index contributed by atoms with van der Waals surface area (Å²) in [5, 5.41) is 2.70. The molecule has 1 rings (SSSR count). The Labute approximate surface area is 112 Å². The van der Waals surface area contributed by atoms with Gasteiger partial charge in [0.25, 0.3) is 0 Å². The molecule has 0 saturated carbocycles. The topological polar surface area (TPSA) is 82.8 Å². The smallest absolute Gasteiger partial charge is 0.243 e. The van der Waals surface area contributed by atoms with Gasteiger partial charge in [-0.3, -0.25) is 4.79 Å². The van der Waals surface area contributed by atoms with Gasteiger partial charge in [-0.1, -0.05) is 0 Å². The number of ether oxygens (including phenoxy) is 3. The average Bonchev–Trinajstić information content (AvgIpc) is 2.39. The number of nitrogens with one attached hydrogen (secondary N) is 1. The molecule has 1 aromatic rings. The first-order chi connectivity index (χ1) is 9.12. The number of hydrogen-bond donors (Lipinski definition) is 2. The van der Waals surface area contributed by atoms with Gasteiger partial charge >= 0.3 is 0 Å². The van der Waals surface area contributed by atoms with Crippen molar-refractivity contribution in [3.05, 3.63) is 18.2 Å². The van der Waals surface area contributed by atoms with E-state index in [9.17, 15) is 4.79 Å². The second kappa shape index (κ2) is 7.60. The minimum absolute atomic E-state index is 0.167. The predicted octanol–water partition coefficient (Wildman–Crippen LogP) is 1.01. The van der Waals surface area contributed by atoms with Crippen LogP contribution in [-0.4, -0.2) is 39.4 Å². The van der Waals surface area contributed by atoms with E-state index in [4.69, 9.17) is 19.9 Å². The standard InChI is InChI=1S/C13H20N2O4/c1-4-19-12-7-9(5-6-11(12)18-3)15-13(16)10(14)8-17-2/h5-7,10H,4,8,14H2,1-3H3,(H,15,16). The predicted molar refractivity (Wildman–Crippen MR) is 72.6 cm³/mol. The van der Waals surface area contributed by atoms with E-state index in [0.29, 0.717) is 23.8 Å². The Balaban J connectivity index is 2.78. The Morgan fingerprint density at radius 2 is 2.11 bits per heavy atom. The van der Waals surface area contributed by atoms with Crippen LogP contribution in [0.5, 0.6) is 11.5 Å². The number of amides is 1. The van der Waals surface area contributed by atoms with Crippen molar-refractivity contribution in [3.8, 4) is 11.5 Å². The lowest BCUT2D eigenvalue weighted by Gasteiger charge is -2.14. The molecular formula is C13H20N2O4. The van der Waals surface area contributed by atoms with Crippen LogP contribution in [0.15, 0.2) is 18.2 Å². The fourth-order valence-electron chi connectivity index (χ4n) is 1.51. The minimum atomic E-state index is -0.706. The molecule has 0 aliphatic carbocycles. The highest BCUT2D eigenvalue weighted by Crippen LogP contribution is 2.30. The first-order valence-electron chi connectivity index (χ1n) is 5.98. The Morgan fingerprint density at radius 3 is 2.68 bits per heavy atom. The first kappa shape index (κ1) is 15.3. The van der Waals surface area contributed by atoms with E-state index in [0.717, 1.165) is 0 Å². The van der Waals surface area contributed by atoms with E-state index in [1.54, 1.807) is 25.3 Å². The van der Waals surface area contributed by atoms with Crippen LogP contribution < -0.4 is 20.5 Å². The highest BCUT2D eigenvalue weighted by molar-refractivity contribution is 5.95. The molecule has 0 saturated heterocycles. The monoisotopic (exact) mass is 268 g/mol. The molecule has 0 aliphatic rings. The third-order valence-corrected chi connectivity index (χ3v) is 2.41. The normalized spacial score (nSPS) is 11.8. The number of rotatable bonds is 7. The van der Waals surface area contributed by atoms with Crippen molar-refractivity contribution in [1.82, 2.24) is 0 Å². The zero-order valence-corrected chi connectivity index (χ0v) is 11.4. The van der Waals surface area contributed by atoms with Gasteiger partial charge in [-0.05, 0) is 19.1 Å². The van der Waals surface area contributed by atoms with Crippen LogP contribution in [-0.2, 0) is 9.53 Å². The van der Waals surface area contributed by atoms with Crippen LogP contribution in [0.1, 0.15) is 6.92 Å². The van der Waals surface area contributed by atoms with Crippen LogP contribution in [0.2, 0.25) is 0 Å². The summed E-state index contributed by atoms with van der Waals surface area (Å²) in [6.07, 6.45) is 0. The van der Waals surface area contributed by atoms with Crippen molar-refractivity contribution in [2.75, 3.05) is 32.8 Å². The van der Waals surface area contributed by atoms with Crippen LogP contribution in [0.4, 0.5) is 5.69 Å². The number of benzene rings is 1. The summed E-state index contributed by atoms with van der Waals surface area (Å²) < 4.78 is 15.4. The van der Waals surface area contributed by atoms with E-state index in [1.165, 1.54) is 7.11 Å². The second-order valence-electron chi connectivity index (χ2n) is 3.85. The van der Waals surface area contributed by atoms with Crippen LogP contribution in [0.25, 0.3) is 0 Å². The molecule has 6 nitrogen and oxygen atoms in total. The highest BCUT2D eigenvalue weighted by Gasteiger charge is 2.14. The molecule has 3 N–H and O–H groups in total. The molecule has 1 aromatic carbocycles. The number of hydrogen-bond acceptors (Lipinski definition) is 5. The van der Waals surface area contributed by atoms with E-state index in [-0.39, 0.29) is 12.5 Å². The molecule has 0 spiro atoms. The van der Waals surface area contributed by atoms with E-state index in [1.807, 2.05) is 6.92 Å². The van der Waals surface area contributed by atoms with E-state index in [2.05, 4.69) is 5.32 Å². The number of anilines is 1. The Morgan fingerprint density at radius 1 is 1.37 bits per heavy atom. The molecule has 0 aliphatic heterocycles. The molecular weight excluding hydrogens is 248 g/mol. The van der Waals surface area contributed by atoms with Gasteiger partial charge in [-0.15, -0.1) is 0 Å². The van der Waals surface area contributed by atoms with Crippen LogP contribution in [0, 0.1) is 0 Å². The molecule has 106 valence electrons. The molecule has 0 heterocycles. The van der Waals surface area contributed by atoms with E-state index < -0.39 is 6.04 Å². The average molecular weight is 268 g/mol. The van der Waals surface area contributed by atoms with Crippen molar-refractivity contribution in [2.24, 2.45) is 5.73 Å². The van der Waals surface area contributed by atoms with Crippen molar-refractivity contribution >= 4 is 11.6 Å². The molecule has 0 bridgehead atoms. The van der Waals surface area contributed by atoms with Crippen molar-refractivity contribution in [1.29, 1.82) is 0 Å². The zero-order valence-electron chi connectivity index (χ0n) is 11.4. The molecule has 0 fully saturated rings.